The molecule has 0 saturated heterocycles. The Morgan fingerprint density at radius 1 is 1.60 bits per heavy atom. The fourth-order valence-corrected chi connectivity index (χ4v) is 1.68. The molecule has 15 heavy (non-hydrogen) atoms. The second kappa shape index (κ2) is 3.90. The lowest BCUT2D eigenvalue weighted by Gasteiger charge is -2.09. The summed E-state index contributed by atoms with van der Waals surface area (Å²) in [7, 11) is 0. The Morgan fingerprint density at radius 2 is 2.40 bits per heavy atom. The fraction of sp³-hybridized carbons (Fsp3) is 0.200. The Bertz CT molecular complexity index is 431. The number of aromatic nitrogens is 1. The third-order valence-electron chi connectivity index (χ3n) is 2.13. The summed E-state index contributed by atoms with van der Waals surface area (Å²) in [5.41, 5.74) is 1.98. The number of amides is 1. The molecule has 0 saturated carbocycles. The van der Waals surface area contributed by atoms with Gasteiger partial charge >= 0.3 is 0 Å². The third kappa shape index (κ3) is 1.94. The molecule has 1 aliphatic rings. The summed E-state index contributed by atoms with van der Waals surface area (Å²) in [6, 6.07) is 1.74. The Kier molecular flexibility index (Phi) is 2.60. The number of hydrogen-bond donors (Lipinski definition) is 2. The molecule has 0 bridgehead atoms. The molecule has 0 aromatic carbocycles. The van der Waals surface area contributed by atoms with Gasteiger partial charge in [-0.05, 0) is 12.1 Å². The highest BCUT2D eigenvalue weighted by Gasteiger charge is 2.16. The van der Waals surface area contributed by atoms with Crippen LogP contribution in [0, 0.1) is 0 Å². The van der Waals surface area contributed by atoms with E-state index in [2.05, 4.69) is 22.2 Å². The van der Waals surface area contributed by atoms with Crippen LogP contribution < -0.4 is 10.6 Å². The molecule has 0 aliphatic carbocycles. The van der Waals surface area contributed by atoms with Gasteiger partial charge in [0.1, 0.15) is 0 Å². The molecular weight excluding hydrogens is 214 g/mol. The summed E-state index contributed by atoms with van der Waals surface area (Å²) >= 11 is 5.97. The van der Waals surface area contributed by atoms with Gasteiger partial charge < -0.3 is 10.6 Å². The number of carbonyl (C=O) groups is 1. The van der Waals surface area contributed by atoms with Crippen molar-refractivity contribution in [3.63, 3.8) is 0 Å². The Hall–Kier alpha value is -1.55. The highest BCUT2D eigenvalue weighted by atomic mass is 35.5. The van der Waals surface area contributed by atoms with Crippen LogP contribution in [-0.2, 0) is 4.79 Å². The van der Waals surface area contributed by atoms with Gasteiger partial charge in [0, 0.05) is 13.0 Å². The predicted octanol–water partition coefficient (Wildman–Crippen LogP) is 2.13. The van der Waals surface area contributed by atoms with Gasteiger partial charge in [0.15, 0.2) is 5.15 Å². The van der Waals surface area contributed by atoms with Crippen LogP contribution >= 0.6 is 11.6 Å². The molecule has 2 N–H and O–H groups in total. The minimum absolute atomic E-state index is 0.0291. The number of pyridine rings is 1. The van der Waals surface area contributed by atoms with Gasteiger partial charge in [0.25, 0.3) is 0 Å². The first-order valence-corrected chi connectivity index (χ1v) is 4.95. The van der Waals surface area contributed by atoms with E-state index in [1.807, 2.05) is 0 Å². The summed E-state index contributed by atoms with van der Waals surface area (Å²) in [5.74, 6) is -0.0291. The van der Waals surface area contributed by atoms with Gasteiger partial charge in [-0.25, -0.2) is 4.98 Å². The number of nitrogens with one attached hydrogen (secondary N) is 2. The number of rotatable bonds is 1. The van der Waals surface area contributed by atoms with Crippen LogP contribution in [0.2, 0.25) is 5.15 Å². The number of anilines is 2. The van der Waals surface area contributed by atoms with Crippen LogP contribution in [-0.4, -0.2) is 17.4 Å². The van der Waals surface area contributed by atoms with Gasteiger partial charge in [-0.3, -0.25) is 4.79 Å². The minimum Gasteiger partial charge on any atom is -0.380 e. The standard InChI is InChI=1S/C10H10ClN3O/c1-2-6-5-7-9(10(11)13-6)12-4-3-8(15)14-7/h2,5,12H,1,3-4H2,(H,14,15). The van der Waals surface area contributed by atoms with Crippen LogP contribution in [0.1, 0.15) is 12.1 Å². The molecule has 5 heteroatoms. The molecule has 0 fully saturated rings. The Balaban J connectivity index is 2.51. The lowest BCUT2D eigenvalue weighted by atomic mass is 10.2. The van der Waals surface area contributed by atoms with E-state index in [-0.39, 0.29) is 5.91 Å². The van der Waals surface area contributed by atoms with Gasteiger partial charge in [-0.1, -0.05) is 18.2 Å². The van der Waals surface area contributed by atoms with Crippen LogP contribution in [0.3, 0.4) is 0 Å². The summed E-state index contributed by atoms with van der Waals surface area (Å²) in [6.07, 6.45) is 2.01. The fourth-order valence-electron chi connectivity index (χ4n) is 1.42. The van der Waals surface area contributed by atoms with E-state index in [9.17, 15) is 4.79 Å². The van der Waals surface area contributed by atoms with Crippen LogP contribution in [0.5, 0.6) is 0 Å². The van der Waals surface area contributed by atoms with Crippen LogP contribution in [0.15, 0.2) is 12.6 Å². The van der Waals surface area contributed by atoms with E-state index in [1.54, 1.807) is 12.1 Å². The lowest BCUT2D eigenvalue weighted by Crippen LogP contribution is -2.10. The van der Waals surface area contributed by atoms with E-state index in [1.165, 1.54) is 0 Å². The molecule has 2 rings (SSSR count). The normalized spacial score (nSPS) is 14.6. The number of halogens is 1. The first-order valence-electron chi connectivity index (χ1n) is 4.57. The summed E-state index contributed by atoms with van der Waals surface area (Å²) in [6.45, 7) is 4.17. The average molecular weight is 224 g/mol. The maximum atomic E-state index is 11.3. The molecule has 0 radical (unpaired) electrons. The quantitative estimate of drug-likeness (QED) is 0.718. The SMILES string of the molecule is C=Cc1cc2c(c(Cl)n1)NCCC(=O)N2. The number of hydrogen-bond acceptors (Lipinski definition) is 3. The third-order valence-corrected chi connectivity index (χ3v) is 2.41. The van der Waals surface area contributed by atoms with E-state index in [0.717, 1.165) is 0 Å². The molecule has 1 aromatic heterocycles. The molecule has 0 unspecified atom stereocenters. The second-order valence-corrected chi connectivity index (χ2v) is 3.55. The largest absolute Gasteiger partial charge is 0.380 e. The van der Waals surface area contributed by atoms with Crippen molar-refractivity contribution in [2.24, 2.45) is 0 Å². The van der Waals surface area contributed by atoms with Crippen molar-refractivity contribution >= 4 is 35.0 Å². The topological polar surface area (TPSA) is 54.0 Å². The molecule has 2 heterocycles. The number of nitrogens with zero attached hydrogens (tertiary/aromatic N) is 1. The van der Waals surface area contributed by atoms with E-state index in [0.29, 0.717) is 35.2 Å². The zero-order valence-corrected chi connectivity index (χ0v) is 8.77. The maximum absolute atomic E-state index is 11.3. The number of fused-ring (bicyclic) bond motifs is 1. The van der Waals surface area contributed by atoms with Crippen LogP contribution in [0.25, 0.3) is 6.08 Å². The molecule has 78 valence electrons. The van der Waals surface area contributed by atoms with Crippen molar-refractivity contribution in [1.29, 1.82) is 0 Å². The van der Waals surface area contributed by atoms with Gasteiger partial charge in [0.2, 0.25) is 5.91 Å². The highest BCUT2D eigenvalue weighted by Crippen LogP contribution is 2.31. The van der Waals surface area contributed by atoms with Crippen molar-refractivity contribution in [3.05, 3.63) is 23.5 Å². The maximum Gasteiger partial charge on any atom is 0.226 e. The lowest BCUT2D eigenvalue weighted by molar-refractivity contribution is -0.115. The molecule has 1 aromatic rings. The Morgan fingerprint density at radius 3 is 3.13 bits per heavy atom. The first kappa shape index (κ1) is 9.98. The molecule has 1 aliphatic heterocycles. The Labute approximate surface area is 92.3 Å². The van der Waals surface area contributed by atoms with E-state index in [4.69, 9.17) is 11.6 Å². The van der Waals surface area contributed by atoms with Crippen molar-refractivity contribution < 1.29 is 4.79 Å². The molecule has 0 spiro atoms. The first-order chi connectivity index (χ1) is 7.20. The zero-order valence-electron chi connectivity index (χ0n) is 8.01. The van der Waals surface area contributed by atoms with Crippen molar-refractivity contribution in [1.82, 2.24) is 4.98 Å². The molecule has 4 nitrogen and oxygen atoms in total. The van der Waals surface area contributed by atoms with Crippen LogP contribution in [0.4, 0.5) is 11.4 Å². The minimum atomic E-state index is -0.0291. The van der Waals surface area contributed by atoms with Gasteiger partial charge in [-0.2, -0.15) is 0 Å². The smallest absolute Gasteiger partial charge is 0.226 e. The van der Waals surface area contributed by atoms with Gasteiger partial charge in [0.05, 0.1) is 17.1 Å². The van der Waals surface area contributed by atoms with Gasteiger partial charge in [-0.15, -0.1) is 0 Å². The number of carbonyl (C=O) groups excluding carboxylic acids is 1. The molecule has 0 atom stereocenters. The summed E-state index contributed by atoms with van der Waals surface area (Å²) in [5, 5.41) is 6.18. The van der Waals surface area contributed by atoms with Crippen molar-refractivity contribution in [2.45, 2.75) is 6.42 Å². The second-order valence-electron chi connectivity index (χ2n) is 3.19. The van der Waals surface area contributed by atoms with Crippen molar-refractivity contribution in [3.8, 4) is 0 Å². The zero-order chi connectivity index (χ0) is 10.8. The molecular formula is C10H10ClN3O. The van der Waals surface area contributed by atoms with Crippen molar-refractivity contribution in [2.75, 3.05) is 17.2 Å². The highest BCUT2D eigenvalue weighted by molar-refractivity contribution is 6.33. The molecule has 1 amide bonds. The van der Waals surface area contributed by atoms with E-state index >= 15 is 0 Å². The predicted molar refractivity (Wildman–Crippen MR) is 61.1 cm³/mol. The summed E-state index contributed by atoms with van der Waals surface area (Å²) in [4.78, 5) is 15.4. The average Bonchev–Trinajstić information content (AvgIpc) is 2.39. The monoisotopic (exact) mass is 223 g/mol. The summed E-state index contributed by atoms with van der Waals surface area (Å²) < 4.78 is 0. The van der Waals surface area contributed by atoms with E-state index < -0.39 is 0 Å².